The summed E-state index contributed by atoms with van der Waals surface area (Å²) in [5.41, 5.74) is 6.20. The number of carbonyl (C=O) groups excluding carboxylic acids is 4. The van der Waals surface area contributed by atoms with E-state index in [4.69, 9.17) is 15.2 Å². The van der Waals surface area contributed by atoms with Gasteiger partial charge in [-0.3, -0.25) is 19.2 Å². The molecule has 4 bridgehead atoms. The normalized spacial score (nSPS) is 38.0. The van der Waals surface area contributed by atoms with E-state index in [2.05, 4.69) is 21.3 Å². The Hall–Kier alpha value is -3.26. The first kappa shape index (κ1) is 35.6. The zero-order valence-corrected chi connectivity index (χ0v) is 25.0. The number of aliphatic hydroxyl groups excluding tert-OH is 6. The van der Waals surface area contributed by atoms with Gasteiger partial charge in [-0.25, -0.2) is 0 Å². The molecule has 17 heteroatoms. The Morgan fingerprint density at radius 1 is 0.630 bits per heavy atom. The van der Waals surface area contributed by atoms with Gasteiger partial charge in [0, 0.05) is 19.5 Å². The quantitative estimate of drug-likeness (QED) is 0.128. The van der Waals surface area contributed by atoms with Crippen molar-refractivity contribution in [3.63, 3.8) is 0 Å². The van der Waals surface area contributed by atoms with Crippen LogP contribution in [0.25, 0.3) is 0 Å². The van der Waals surface area contributed by atoms with Crippen molar-refractivity contribution in [3.8, 4) is 0 Å². The van der Waals surface area contributed by atoms with Crippen LogP contribution >= 0.6 is 0 Å². The van der Waals surface area contributed by atoms with Gasteiger partial charge >= 0.3 is 0 Å². The van der Waals surface area contributed by atoms with Gasteiger partial charge in [-0.1, -0.05) is 30.3 Å². The van der Waals surface area contributed by atoms with E-state index in [-0.39, 0.29) is 12.8 Å². The molecule has 17 nitrogen and oxygen atoms in total. The molecule has 3 fully saturated rings. The first-order valence-electron chi connectivity index (χ1n) is 15.2. The van der Waals surface area contributed by atoms with Gasteiger partial charge in [0.25, 0.3) is 11.8 Å². The van der Waals surface area contributed by atoms with Crippen molar-refractivity contribution in [2.45, 2.75) is 98.8 Å². The Morgan fingerprint density at radius 2 is 1.11 bits per heavy atom. The molecule has 4 rings (SSSR count). The van der Waals surface area contributed by atoms with Crippen LogP contribution in [-0.2, 0) is 35.1 Å². The molecule has 12 N–H and O–H groups in total. The van der Waals surface area contributed by atoms with Gasteiger partial charge in [-0.2, -0.15) is 0 Å². The molecular formula is C29H43N5O12. The third-order valence-electron chi connectivity index (χ3n) is 8.39. The highest BCUT2D eigenvalue weighted by Crippen LogP contribution is 2.24. The number of unbranched alkanes of at least 4 members (excludes halogenated alkanes) is 1. The van der Waals surface area contributed by atoms with E-state index >= 15 is 0 Å². The molecule has 12 atom stereocenters. The fourth-order valence-corrected chi connectivity index (χ4v) is 5.65. The highest BCUT2D eigenvalue weighted by Gasteiger charge is 2.49. The number of rotatable bonds is 6. The number of carbonyl (C=O) groups is 4. The summed E-state index contributed by atoms with van der Waals surface area (Å²) in [6.45, 7) is -0.618. The van der Waals surface area contributed by atoms with E-state index < -0.39 is 110 Å². The number of ether oxygens (including phenoxy) is 2. The number of nitrogens with one attached hydrogen (secondary N) is 4. The lowest BCUT2D eigenvalue weighted by atomic mass is 9.93. The molecule has 0 saturated carbocycles. The maximum Gasteiger partial charge on any atom is 0.252 e. The standard InChI is InChI=1S/C29H43N5O12/c30-9-5-4-8-14-26(41)31-11-16-18(35)21(38)23(40)25(46-16)29(44)34-15(10-13-6-2-1-3-7-13)27(42)32-12-17-19(36)20(37)22(39)24(45-17)28(43)33-14/h1-3,6-7,14-25,35-40H,4-5,8-12,30H2,(H,31,41)(H,32,42)(H,33,43)(H,34,44)/t14-,15-,16-,17-,18-,19-,20+,21+,22-,23-,24-,25-/m0/s1. The summed E-state index contributed by atoms with van der Waals surface area (Å²) >= 11 is 0. The third kappa shape index (κ3) is 8.36. The van der Waals surface area contributed by atoms with Gasteiger partial charge in [0.15, 0.2) is 12.2 Å². The van der Waals surface area contributed by atoms with E-state index in [1.54, 1.807) is 30.3 Å². The number of fused-ring (bicyclic) bond motifs is 4. The molecule has 0 aliphatic carbocycles. The van der Waals surface area contributed by atoms with E-state index in [0.717, 1.165) is 0 Å². The van der Waals surface area contributed by atoms with Crippen molar-refractivity contribution in [3.05, 3.63) is 35.9 Å². The summed E-state index contributed by atoms with van der Waals surface area (Å²) < 4.78 is 11.3. The van der Waals surface area contributed by atoms with Crippen molar-refractivity contribution in [1.29, 1.82) is 0 Å². The van der Waals surface area contributed by atoms with Gasteiger partial charge < -0.3 is 67.1 Å². The van der Waals surface area contributed by atoms with Crippen LogP contribution in [0, 0.1) is 0 Å². The van der Waals surface area contributed by atoms with Gasteiger partial charge in [-0.05, 0) is 31.4 Å². The van der Waals surface area contributed by atoms with Crippen LogP contribution in [0.3, 0.4) is 0 Å². The van der Waals surface area contributed by atoms with Crippen LogP contribution in [0.15, 0.2) is 30.3 Å². The van der Waals surface area contributed by atoms with E-state index in [1.807, 2.05) is 0 Å². The van der Waals surface area contributed by atoms with Crippen LogP contribution in [0.2, 0.25) is 0 Å². The van der Waals surface area contributed by atoms with Gasteiger partial charge in [0.1, 0.15) is 60.9 Å². The molecule has 0 unspecified atom stereocenters. The summed E-state index contributed by atoms with van der Waals surface area (Å²) in [6, 6.07) is 6.07. The largest absolute Gasteiger partial charge is 0.388 e. The molecule has 3 heterocycles. The molecule has 256 valence electrons. The molecule has 0 aromatic heterocycles. The minimum absolute atomic E-state index is 0.0438. The second kappa shape index (κ2) is 16.0. The van der Waals surface area contributed by atoms with E-state index in [0.29, 0.717) is 24.9 Å². The summed E-state index contributed by atoms with van der Waals surface area (Å²) in [6.07, 6.45) is -16.3. The SMILES string of the molecule is NCCCC[C@@H]1NC(=O)[C@H]2O[C@@H](CNC(=O)[C@H](Cc3ccccc3)NC(=O)[C@H]3O[C@@H](CNC1=O)[C@H](O)[C@@H](O)[C@@H]3O)[C@H](O)[C@@H](O)[C@@H]2O. The topological polar surface area (TPSA) is 282 Å². The van der Waals surface area contributed by atoms with E-state index in [1.165, 1.54) is 0 Å². The maximum absolute atomic E-state index is 13.4. The lowest BCUT2D eigenvalue weighted by molar-refractivity contribution is -0.220. The van der Waals surface area contributed by atoms with Crippen molar-refractivity contribution >= 4 is 23.6 Å². The van der Waals surface area contributed by atoms with E-state index in [9.17, 15) is 49.8 Å². The number of aliphatic hydroxyl groups is 6. The second-order valence-corrected chi connectivity index (χ2v) is 11.7. The van der Waals surface area contributed by atoms with Crippen LogP contribution in [-0.4, -0.2) is 147 Å². The van der Waals surface area contributed by atoms with Crippen molar-refractivity contribution in [2.75, 3.05) is 19.6 Å². The van der Waals surface area contributed by atoms with Crippen LogP contribution in [0.1, 0.15) is 24.8 Å². The van der Waals surface area contributed by atoms with Gasteiger partial charge in [-0.15, -0.1) is 0 Å². The average molecular weight is 654 g/mol. The number of hydrogen-bond acceptors (Lipinski definition) is 13. The van der Waals surface area contributed by atoms with Crippen molar-refractivity contribution < 1.29 is 59.3 Å². The predicted molar refractivity (Wildman–Crippen MR) is 156 cm³/mol. The molecule has 1 aromatic rings. The summed E-state index contributed by atoms with van der Waals surface area (Å²) in [5.74, 6) is -3.50. The monoisotopic (exact) mass is 653 g/mol. The Kier molecular flexibility index (Phi) is 12.4. The number of amides is 4. The zero-order chi connectivity index (χ0) is 33.5. The van der Waals surface area contributed by atoms with Crippen LogP contribution < -0.4 is 27.0 Å². The first-order valence-corrected chi connectivity index (χ1v) is 15.2. The smallest absolute Gasteiger partial charge is 0.252 e. The lowest BCUT2D eigenvalue weighted by Crippen LogP contribution is -2.66. The van der Waals surface area contributed by atoms with Gasteiger partial charge in [0.05, 0.1) is 0 Å². The molecule has 4 amide bonds. The Balaban J connectivity index is 1.65. The predicted octanol–water partition coefficient (Wildman–Crippen LogP) is -5.73. The fourth-order valence-electron chi connectivity index (χ4n) is 5.65. The molecule has 3 aliphatic heterocycles. The Bertz CT molecular complexity index is 1210. The van der Waals surface area contributed by atoms with Crippen molar-refractivity contribution in [2.24, 2.45) is 5.73 Å². The summed E-state index contributed by atoms with van der Waals surface area (Å²) in [5, 5.41) is 73.4. The minimum Gasteiger partial charge on any atom is -0.388 e. The molecule has 1 aromatic carbocycles. The number of nitrogens with two attached hydrogens (primary N) is 1. The fraction of sp³-hybridized carbons (Fsp3) is 0.655. The zero-order valence-electron chi connectivity index (χ0n) is 25.0. The van der Waals surface area contributed by atoms with Crippen molar-refractivity contribution in [1.82, 2.24) is 21.3 Å². The molecular weight excluding hydrogens is 610 g/mol. The maximum atomic E-state index is 13.4. The molecule has 3 saturated heterocycles. The Morgan fingerprint density at radius 3 is 1.61 bits per heavy atom. The highest BCUT2D eigenvalue weighted by molar-refractivity contribution is 5.91. The molecule has 3 aliphatic rings. The molecule has 0 spiro atoms. The van der Waals surface area contributed by atoms with Gasteiger partial charge in [0.2, 0.25) is 11.8 Å². The van der Waals surface area contributed by atoms with Crippen LogP contribution in [0.4, 0.5) is 0 Å². The molecule has 46 heavy (non-hydrogen) atoms. The Labute approximate surface area is 264 Å². The number of hydrogen-bond donors (Lipinski definition) is 11. The third-order valence-corrected chi connectivity index (χ3v) is 8.39. The average Bonchev–Trinajstić information content (AvgIpc) is 3.04. The summed E-state index contributed by atoms with van der Waals surface area (Å²) in [4.78, 5) is 53.3. The van der Waals surface area contributed by atoms with Crippen LogP contribution in [0.5, 0.6) is 0 Å². The number of benzene rings is 1. The minimum atomic E-state index is -1.90. The first-order chi connectivity index (χ1) is 21.9. The second-order valence-electron chi connectivity index (χ2n) is 11.7. The molecule has 0 radical (unpaired) electrons. The lowest BCUT2D eigenvalue weighted by Gasteiger charge is -2.41. The highest BCUT2D eigenvalue weighted by atomic mass is 16.5. The summed E-state index contributed by atoms with van der Waals surface area (Å²) in [7, 11) is 0.